The van der Waals surface area contributed by atoms with Crippen LogP contribution in [0.2, 0.25) is 0 Å². The zero-order valence-corrected chi connectivity index (χ0v) is 5.62. The van der Waals surface area contributed by atoms with Crippen LogP contribution in [0.4, 0.5) is 0 Å². The second kappa shape index (κ2) is 3.63. The van der Waals surface area contributed by atoms with Gasteiger partial charge in [0, 0.05) is 0 Å². The second-order valence-corrected chi connectivity index (χ2v) is 2.67. The Morgan fingerprint density at radius 2 is 2.33 bits per heavy atom. The molecule has 0 aliphatic carbocycles. The molecule has 0 aromatic carbocycles. The van der Waals surface area contributed by atoms with Gasteiger partial charge in [-0.15, -0.1) is 0 Å². The first-order chi connectivity index (χ1) is 4.06. The number of hydrogen-bond acceptors (Lipinski definition) is 3. The third-order valence-corrected chi connectivity index (χ3v) is 1.01. The minimum atomic E-state index is -3.80. The van der Waals surface area contributed by atoms with E-state index < -0.39 is 7.75 Å². The van der Waals surface area contributed by atoms with Crippen LogP contribution in [0.1, 0.15) is 0 Å². The van der Waals surface area contributed by atoms with E-state index in [1.54, 1.807) is 0 Å². The molecule has 0 saturated heterocycles. The van der Waals surface area contributed by atoms with Crippen molar-refractivity contribution in [2.75, 3.05) is 6.61 Å². The fourth-order valence-electron chi connectivity index (χ4n) is 0.205. The third-order valence-electron chi connectivity index (χ3n) is 0.492. The first-order valence-electron chi connectivity index (χ1n) is 2.19. The minimum Gasteiger partial charge on any atom is -0.405 e. The summed E-state index contributed by atoms with van der Waals surface area (Å²) >= 11 is 0. The van der Waals surface area contributed by atoms with E-state index in [2.05, 4.69) is 10.0 Å². The third kappa shape index (κ3) is 7.65. The Morgan fingerprint density at radius 3 is 2.67 bits per heavy atom. The van der Waals surface area contributed by atoms with Gasteiger partial charge in [-0.3, -0.25) is 4.52 Å². The molecule has 0 rings (SSSR count). The van der Waals surface area contributed by atoms with Gasteiger partial charge in [0.05, 0.1) is 6.61 Å². The molecule has 5 N–H and O–H groups in total. The lowest BCUT2D eigenvalue weighted by Crippen LogP contribution is -1.98. The molecule has 0 aromatic rings. The predicted molar refractivity (Wildman–Crippen MR) is 33.3 cm³/mol. The molecule has 0 amide bonds. The highest BCUT2D eigenvalue weighted by atomic mass is 31.2. The Kier molecular flexibility index (Phi) is 3.49. The Morgan fingerprint density at radius 1 is 1.78 bits per heavy atom. The molecule has 0 saturated carbocycles. The molecule has 6 heteroatoms. The fraction of sp³-hybridized carbons (Fsp3) is 0.333. The molecule has 1 unspecified atom stereocenters. The predicted octanol–water partition coefficient (Wildman–Crippen LogP) is -0.465. The van der Waals surface area contributed by atoms with Crippen molar-refractivity contribution in [3.05, 3.63) is 12.3 Å². The Balaban J connectivity index is 3.40. The van der Waals surface area contributed by atoms with Crippen LogP contribution in [0, 0.1) is 0 Å². The van der Waals surface area contributed by atoms with E-state index in [0.717, 1.165) is 0 Å². The molecule has 1 atom stereocenters. The van der Waals surface area contributed by atoms with E-state index in [-0.39, 0.29) is 6.61 Å². The summed E-state index contributed by atoms with van der Waals surface area (Å²) in [5, 5.41) is 0. The normalized spacial score (nSPS) is 18.0. The van der Waals surface area contributed by atoms with Crippen LogP contribution >= 0.6 is 7.75 Å². The smallest absolute Gasteiger partial charge is 0.400 e. The molecule has 54 valence electrons. The molecule has 0 aliphatic rings. The van der Waals surface area contributed by atoms with Gasteiger partial charge >= 0.3 is 7.75 Å². The van der Waals surface area contributed by atoms with Gasteiger partial charge in [-0.05, 0) is 12.3 Å². The average molecular weight is 152 g/mol. The highest BCUT2D eigenvalue weighted by molar-refractivity contribution is 7.50. The largest absolute Gasteiger partial charge is 0.405 e. The molecule has 9 heavy (non-hydrogen) atoms. The topological polar surface area (TPSA) is 98.6 Å². The Bertz CT molecular complexity index is 140. The quantitative estimate of drug-likeness (QED) is 0.475. The van der Waals surface area contributed by atoms with Crippen molar-refractivity contribution in [2.45, 2.75) is 0 Å². The lowest BCUT2D eigenvalue weighted by Gasteiger charge is -2.01. The fourth-order valence-corrected chi connectivity index (χ4v) is 0.505. The van der Waals surface area contributed by atoms with E-state index in [0.29, 0.717) is 0 Å². The molecule has 0 bridgehead atoms. The van der Waals surface area contributed by atoms with Gasteiger partial charge in [-0.1, -0.05) is 0 Å². The molecule has 0 aliphatic heterocycles. The summed E-state index contributed by atoms with van der Waals surface area (Å²) in [6, 6.07) is 0. The van der Waals surface area contributed by atoms with Crippen LogP contribution in [-0.2, 0) is 9.09 Å². The van der Waals surface area contributed by atoms with Gasteiger partial charge < -0.3 is 10.6 Å². The maximum Gasteiger partial charge on any atom is 0.400 e. The average Bonchev–Trinajstić information content (AvgIpc) is 1.63. The van der Waals surface area contributed by atoms with Gasteiger partial charge in [0.2, 0.25) is 0 Å². The van der Waals surface area contributed by atoms with Crippen LogP contribution in [0.5, 0.6) is 0 Å². The summed E-state index contributed by atoms with van der Waals surface area (Å²) < 4.78 is 14.3. The zero-order valence-electron chi connectivity index (χ0n) is 4.73. The van der Waals surface area contributed by atoms with Gasteiger partial charge in [-0.25, -0.2) is 10.1 Å². The number of hydrogen-bond donors (Lipinski definition) is 3. The standard InChI is InChI=1S/C3H9N2O3P/c4-2-1-3-8-9(5,6)7/h1-2H,3-4H2,(H3,5,6,7). The lowest BCUT2D eigenvalue weighted by molar-refractivity contribution is 0.288. The number of rotatable bonds is 3. The SMILES string of the molecule is NC=CCOP(N)(=O)O. The molecular weight excluding hydrogens is 143 g/mol. The molecule has 0 heterocycles. The van der Waals surface area contributed by atoms with Crippen LogP contribution in [0.15, 0.2) is 12.3 Å². The van der Waals surface area contributed by atoms with Crippen LogP contribution in [0.25, 0.3) is 0 Å². The van der Waals surface area contributed by atoms with Crippen LogP contribution in [-0.4, -0.2) is 11.5 Å². The van der Waals surface area contributed by atoms with Gasteiger partial charge in [0.15, 0.2) is 0 Å². The first-order valence-corrected chi connectivity index (χ1v) is 3.83. The van der Waals surface area contributed by atoms with E-state index in [9.17, 15) is 4.57 Å². The summed E-state index contributed by atoms with van der Waals surface area (Å²) in [5.74, 6) is 0. The summed E-state index contributed by atoms with van der Waals surface area (Å²) in [6.45, 7) is -0.0409. The highest BCUT2D eigenvalue weighted by Crippen LogP contribution is 2.30. The summed E-state index contributed by atoms with van der Waals surface area (Å²) in [5.41, 5.74) is 9.48. The zero-order chi connectivity index (χ0) is 7.33. The molecule has 0 aromatic heterocycles. The second-order valence-electron chi connectivity index (χ2n) is 1.29. The van der Waals surface area contributed by atoms with Crippen molar-refractivity contribution in [3.8, 4) is 0 Å². The molecular formula is C3H9N2O3P. The van der Waals surface area contributed by atoms with Crippen molar-refractivity contribution in [1.82, 2.24) is 0 Å². The lowest BCUT2D eigenvalue weighted by atomic mass is 10.7. The van der Waals surface area contributed by atoms with E-state index >= 15 is 0 Å². The highest BCUT2D eigenvalue weighted by Gasteiger charge is 2.07. The first kappa shape index (κ1) is 8.65. The molecule has 0 radical (unpaired) electrons. The van der Waals surface area contributed by atoms with Gasteiger partial charge in [0.1, 0.15) is 0 Å². The van der Waals surface area contributed by atoms with Crippen molar-refractivity contribution >= 4 is 7.75 Å². The van der Waals surface area contributed by atoms with Crippen molar-refractivity contribution in [2.24, 2.45) is 11.2 Å². The maximum atomic E-state index is 10.1. The van der Waals surface area contributed by atoms with Gasteiger partial charge in [0.25, 0.3) is 0 Å². The van der Waals surface area contributed by atoms with E-state index in [4.69, 9.17) is 10.6 Å². The van der Waals surface area contributed by atoms with Crippen molar-refractivity contribution in [3.63, 3.8) is 0 Å². The molecule has 5 nitrogen and oxygen atoms in total. The van der Waals surface area contributed by atoms with E-state index in [1.165, 1.54) is 12.3 Å². The van der Waals surface area contributed by atoms with Crippen LogP contribution in [0.3, 0.4) is 0 Å². The van der Waals surface area contributed by atoms with Crippen molar-refractivity contribution in [1.29, 1.82) is 0 Å². The summed E-state index contributed by atoms with van der Waals surface area (Å²) in [4.78, 5) is 8.28. The van der Waals surface area contributed by atoms with Crippen LogP contribution < -0.4 is 11.2 Å². The van der Waals surface area contributed by atoms with E-state index in [1.807, 2.05) is 0 Å². The summed E-state index contributed by atoms with van der Waals surface area (Å²) in [7, 11) is -3.80. The monoisotopic (exact) mass is 152 g/mol. The van der Waals surface area contributed by atoms with Crippen molar-refractivity contribution < 1.29 is 14.0 Å². The Hall–Kier alpha value is -0.350. The van der Waals surface area contributed by atoms with Gasteiger partial charge in [-0.2, -0.15) is 0 Å². The molecule has 0 fully saturated rings. The summed E-state index contributed by atoms with van der Waals surface area (Å²) in [6.07, 6.45) is 2.57. The minimum absolute atomic E-state index is 0.0409. The maximum absolute atomic E-state index is 10.1. The molecule has 0 spiro atoms. The number of nitrogens with two attached hydrogens (primary N) is 2. The Labute approximate surface area is 52.9 Å².